The van der Waals surface area contributed by atoms with E-state index in [1.54, 1.807) is 20.8 Å². The first kappa shape index (κ1) is 18.2. The van der Waals surface area contributed by atoms with Crippen molar-refractivity contribution in [3.8, 4) is 0 Å². The van der Waals surface area contributed by atoms with Gasteiger partial charge in [-0.2, -0.15) is 8.42 Å². The molecule has 0 unspecified atom stereocenters. The lowest BCUT2D eigenvalue weighted by atomic mass is 10.0. The molecule has 124 valence electrons. The number of halogens is 1. The van der Waals surface area contributed by atoms with E-state index in [1.165, 1.54) is 19.9 Å². The summed E-state index contributed by atoms with van der Waals surface area (Å²) in [6.45, 7) is 8.03. The van der Waals surface area contributed by atoms with E-state index < -0.39 is 26.8 Å². The van der Waals surface area contributed by atoms with Crippen molar-refractivity contribution in [1.29, 1.82) is 0 Å². The van der Waals surface area contributed by atoms with E-state index in [1.807, 2.05) is 0 Å². The van der Waals surface area contributed by atoms with Crippen LogP contribution in [0, 0.1) is 13.8 Å². The normalized spacial score (nSPS) is 12.1. The number of hydrogen-bond donors (Lipinski definition) is 2. The van der Waals surface area contributed by atoms with Gasteiger partial charge < -0.3 is 15.8 Å². The number of rotatable bonds is 3. The molecule has 0 saturated heterocycles. The highest BCUT2D eigenvalue weighted by molar-refractivity contribution is 7.86. The average molecular weight is 332 g/mol. The standard InChI is InChI=1S/C14H21FN2O4S/c1-8-10(7-17-13(18)21-14(3,4)5)6-11(16)9(2)12(8)22(15,19)20/h6H,7,16H2,1-5H3,(H,17,18). The maximum absolute atomic E-state index is 13.4. The Morgan fingerprint density at radius 2 is 1.86 bits per heavy atom. The summed E-state index contributed by atoms with van der Waals surface area (Å²) in [4.78, 5) is 11.2. The van der Waals surface area contributed by atoms with Crippen LogP contribution in [-0.4, -0.2) is 20.1 Å². The molecule has 8 heteroatoms. The molecule has 0 aliphatic heterocycles. The molecule has 0 fully saturated rings. The first-order valence-electron chi connectivity index (χ1n) is 6.63. The highest BCUT2D eigenvalue weighted by Crippen LogP contribution is 2.29. The van der Waals surface area contributed by atoms with Gasteiger partial charge in [0, 0.05) is 12.2 Å². The molecule has 0 aliphatic rings. The summed E-state index contributed by atoms with van der Waals surface area (Å²) in [5.74, 6) is 0. The number of amides is 1. The number of nitrogen functional groups attached to an aromatic ring is 1. The molecule has 0 aromatic heterocycles. The molecule has 0 spiro atoms. The van der Waals surface area contributed by atoms with Crippen LogP contribution in [0.5, 0.6) is 0 Å². The van der Waals surface area contributed by atoms with Gasteiger partial charge in [-0.1, -0.05) is 0 Å². The Labute approximate surface area is 130 Å². The van der Waals surface area contributed by atoms with E-state index in [9.17, 15) is 17.1 Å². The summed E-state index contributed by atoms with van der Waals surface area (Å²) in [7, 11) is -4.90. The van der Waals surface area contributed by atoms with Crippen molar-refractivity contribution in [2.24, 2.45) is 0 Å². The van der Waals surface area contributed by atoms with Crippen LogP contribution in [0.2, 0.25) is 0 Å². The Balaban J connectivity index is 3.08. The highest BCUT2D eigenvalue weighted by atomic mass is 32.3. The molecule has 0 aliphatic carbocycles. The summed E-state index contributed by atoms with van der Waals surface area (Å²) in [5.41, 5.74) is 5.98. The second-order valence-corrected chi connectivity index (χ2v) is 7.28. The van der Waals surface area contributed by atoms with Gasteiger partial charge in [0.25, 0.3) is 0 Å². The molecule has 1 rings (SSSR count). The van der Waals surface area contributed by atoms with Gasteiger partial charge in [0.15, 0.2) is 0 Å². The lowest BCUT2D eigenvalue weighted by molar-refractivity contribution is 0.0523. The smallest absolute Gasteiger partial charge is 0.407 e. The Morgan fingerprint density at radius 1 is 1.32 bits per heavy atom. The van der Waals surface area contributed by atoms with E-state index in [-0.39, 0.29) is 23.4 Å². The molecule has 22 heavy (non-hydrogen) atoms. The van der Waals surface area contributed by atoms with Crippen LogP contribution in [0.25, 0.3) is 0 Å². The number of hydrogen-bond acceptors (Lipinski definition) is 5. The van der Waals surface area contributed by atoms with Crippen molar-refractivity contribution in [2.45, 2.75) is 51.7 Å². The lowest BCUT2D eigenvalue weighted by Crippen LogP contribution is -2.32. The topological polar surface area (TPSA) is 98.5 Å². The third kappa shape index (κ3) is 4.59. The maximum atomic E-state index is 13.4. The van der Waals surface area contributed by atoms with Crippen LogP contribution in [0.3, 0.4) is 0 Å². The van der Waals surface area contributed by atoms with E-state index in [0.717, 1.165) is 0 Å². The summed E-state index contributed by atoms with van der Waals surface area (Å²) >= 11 is 0. The number of alkyl carbamates (subject to hydrolysis) is 1. The molecule has 0 atom stereocenters. The van der Waals surface area contributed by atoms with Crippen LogP contribution in [0.15, 0.2) is 11.0 Å². The van der Waals surface area contributed by atoms with E-state index in [2.05, 4.69) is 5.32 Å². The van der Waals surface area contributed by atoms with E-state index >= 15 is 0 Å². The SMILES string of the molecule is Cc1c(N)cc(CNC(=O)OC(C)(C)C)c(C)c1S(=O)(=O)F. The minimum Gasteiger partial charge on any atom is -0.444 e. The quantitative estimate of drug-likeness (QED) is 0.655. The predicted octanol–water partition coefficient (Wildman–Crippen LogP) is 2.57. The summed E-state index contributed by atoms with van der Waals surface area (Å²) in [5, 5.41) is 2.49. The molecule has 1 amide bonds. The predicted molar refractivity (Wildman–Crippen MR) is 81.7 cm³/mol. The molecule has 0 bridgehead atoms. The average Bonchev–Trinajstić information content (AvgIpc) is 2.28. The summed E-state index contributed by atoms with van der Waals surface area (Å²) in [6.07, 6.45) is -0.657. The Morgan fingerprint density at radius 3 is 2.32 bits per heavy atom. The summed E-state index contributed by atoms with van der Waals surface area (Å²) in [6, 6.07) is 1.51. The third-order valence-electron chi connectivity index (χ3n) is 2.99. The van der Waals surface area contributed by atoms with Gasteiger partial charge in [0.2, 0.25) is 0 Å². The van der Waals surface area contributed by atoms with E-state index in [4.69, 9.17) is 10.5 Å². The molecule has 0 heterocycles. The van der Waals surface area contributed by atoms with Crippen LogP contribution >= 0.6 is 0 Å². The molecular formula is C14H21FN2O4S. The van der Waals surface area contributed by atoms with Crippen molar-refractivity contribution in [3.63, 3.8) is 0 Å². The number of nitrogens with two attached hydrogens (primary N) is 1. The van der Waals surface area contributed by atoms with Crippen molar-refractivity contribution in [2.75, 3.05) is 5.73 Å². The van der Waals surface area contributed by atoms with Crippen LogP contribution in [0.4, 0.5) is 14.4 Å². The highest BCUT2D eigenvalue weighted by Gasteiger charge is 2.23. The summed E-state index contributed by atoms with van der Waals surface area (Å²) < 4.78 is 41.0. The molecule has 0 radical (unpaired) electrons. The maximum Gasteiger partial charge on any atom is 0.407 e. The zero-order chi connectivity index (χ0) is 17.3. The minimum absolute atomic E-state index is 0.0201. The molecule has 0 saturated carbocycles. The van der Waals surface area contributed by atoms with Crippen LogP contribution in [-0.2, 0) is 21.5 Å². The van der Waals surface area contributed by atoms with Gasteiger partial charge in [0.05, 0.1) is 0 Å². The monoisotopic (exact) mass is 332 g/mol. The van der Waals surface area contributed by atoms with Crippen molar-refractivity contribution < 1.29 is 21.8 Å². The Hall–Kier alpha value is -1.83. The van der Waals surface area contributed by atoms with Crippen LogP contribution in [0.1, 0.15) is 37.5 Å². The van der Waals surface area contributed by atoms with Crippen LogP contribution < -0.4 is 11.1 Å². The first-order chi connectivity index (χ1) is 9.83. The van der Waals surface area contributed by atoms with Gasteiger partial charge >= 0.3 is 16.3 Å². The van der Waals surface area contributed by atoms with Gasteiger partial charge in [-0.25, -0.2) is 4.79 Å². The largest absolute Gasteiger partial charge is 0.444 e. The van der Waals surface area contributed by atoms with Gasteiger partial charge in [-0.05, 0) is 57.4 Å². The first-order valence-corrected chi connectivity index (χ1v) is 8.01. The fourth-order valence-electron chi connectivity index (χ4n) is 1.99. The van der Waals surface area contributed by atoms with Gasteiger partial charge in [-0.3, -0.25) is 0 Å². The fourth-order valence-corrected chi connectivity index (χ4v) is 2.97. The molecule has 1 aromatic rings. The van der Waals surface area contributed by atoms with Gasteiger partial charge in [-0.15, -0.1) is 3.89 Å². The Bertz CT molecular complexity index is 694. The van der Waals surface area contributed by atoms with Gasteiger partial charge in [0.1, 0.15) is 10.5 Å². The molecular weight excluding hydrogens is 311 g/mol. The second kappa shape index (κ2) is 6.12. The molecule has 6 nitrogen and oxygen atoms in total. The van der Waals surface area contributed by atoms with Crippen molar-refractivity contribution in [1.82, 2.24) is 5.32 Å². The second-order valence-electron chi connectivity index (χ2n) is 6.00. The zero-order valence-electron chi connectivity index (χ0n) is 13.3. The number of carbonyl (C=O) groups excluding carboxylic acids is 1. The number of ether oxygens (including phenoxy) is 1. The molecule has 3 N–H and O–H groups in total. The lowest BCUT2D eigenvalue weighted by Gasteiger charge is -2.20. The number of nitrogens with one attached hydrogen (secondary N) is 1. The van der Waals surface area contributed by atoms with Crippen molar-refractivity contribution >= 4 is 22.0 Å². The Kier molecular flexibility index (Phi) is 5.06. The fraction of sp³-hybridized carbons (Fsp3) is 0.500. The van der Waals surface area contributed by atoms with Crippen molar-refractivity contribution in [3.05, 3.63) is 22.8 Å². The third-order valence-corrected chi connectivity index (χ3v) is 4.09. The number of carbonyl (C=O) groups is 1. The van der Waals surface area contributed by atoms with E-state index in [0.29, 0.717) is 5.56 Å². The zero-order valence-corrected chi connectivity index (χ0v) is 14.1. The number of anilines is 1. The minimum atomic E-state index is -4.90. The number of benzene rings is 1. The molecule has 1 aromatic carbocycles.